The molecule has 0 spiro atoms. The fourth-order valence-electron chi connectivity index (χ4n) is 1.62. The number of hydrogen-bond donors (Lipinski definition) is 1. The number of hydrogen-bond acceptors (Lipinski definition) is 5. The first-order valence-corrected chi connectivity index (χ1v) is 6.24. The molecule has 1 aliphatic heterocycles. The summed E-state index contributed by atoms with van der Waals surface area (Å²) in [6.45, 7) is 0.494. The van der Waals surface area contributed by atoms with Gasteiger partial charge < -0.3 is 5.11 Å². The van der Waals surface area contributed by atoms with Gasteiger partial charge in [0.15, 0.2) is 9.84 Å². The van der Waals surface area contributed by atoms with Crippen molar-refractivity contribution < 1.29 is 13.5 Å². The van der Waals surface area contributed by atoms with Gasteiger partial charge in [0.1, 0.15) is 0 Å². The summed E-state index contributed by atoms with van der Waals surface area (Å²) >= 11 is 0. The molecule has 1 N–H and O–H groups in total. The van der Waals surface area contributed by atoms with Gasteiger partial charge in [-0.1, -0.05) is 0 Å². The van der Waals surface area contributed by atoms with E-state index in [2.05, 4.69) is 0 Å². The quantitative estimate of drug-likeness (QED) is 0.656. The van der Waals surface area contributed by atoms with Crippen LogP contribution < -0.4 is 0 Å². The normalized spacial score (nSPS) is 30.4. The van der Waals surface area contributed by atoms with Crippen molar-refractivity contribution in [2.75, 3.05) is 25.1 Å². The zero-order chi connectivity index (χ0) is 10.8. The Labute approximate surface area is 83.9 Å². The number of nitrogens with zero attached hydrogens (tertiary/aromatic N) is 2. The molecule has 1 aliphatic rings. The molecular weight excluding hydrogens is 204 g/mol. The van der Waals surface area contributed by atoms with Gasteiger partial charge in [-0.15, -0.1) is 0 Å². The molecule has 1 heterocycles. The lowest BCUT2D eigenvalue weighted by molar-refractivity contribution is 0.101. The highest BCUT2D eigenvalue weighted by molar-refractivity contribution is 7.91. The lowest BCUT2D eigenvalue weighted by Crippen LogP contribution is -2.40. The average Bonchev–Trinajstić information content (AvgIpc) is 2.35. The summed E-state index contributed by atoms with van der Waals surface area (Å²) in [7, 11) is -1.36. The van der Waals surface area contributed by atoms with E-state index in [9.17, 15) is 13.5 Å². The Hall–Kier alpha value is -0.640. The minimum absolute atomic E-state index is 0.00387. The Balaban J connectivity index is 2.58. The Bertz CT molecular complexity index is 333. The SMILES string of the molecule is CN(CCC#N)[C@@H]1CS(=O)(=O)C[C@H]1O. The molecule has 0 saturated carbocycles. The number of sulfone groups is 1. The summed E-state index contributed by atoms with van der Waals surface area (Å²) in [6, 6.07) is 1.63. The molecule has 0 unspecified atom stereocenters. The van der Waals surface area contributed by atoms with Crippen LogP contribution in [-0.2, 0) is 9.84 Å². The first-order chi connectivity index (χ1) is 6.46. The molecule has 0 radical (unpaired) electrons. The van der Waals surface area contributed by atoms with Crippen LogP contribution in [0.2, 0.25) is 0 Å². The van der Waals surface area contributed by atoms with Gasteiger partial charge in [-0.3, -0.25) is 4.90 Å². The van der Waals surface area contributed by atoms with Crippen molar-refractivity contribution >= 4 is 9.84 Å². The number of rotatable bonds is 3. The zero-order valence-electron chi connectivity index (χ0n) is 8.05. The highest BCUT2D eigenvalue weighted by Gasteiger charge is 2.38. The molecule has 1 fully saturated rings. The van der Waals surface area contributed by atoms with Crippen LogP contribution in [0.3, 0.4) is 0 Å². The van der Waals surface area contributed by atoms with Crippen LogP contribution >= 0.6 is 0 Å². The van der Waals surface area contributed by atoms with Crippen molar-refractivity contribution in [1.82, 2.24) is 4.90 Å². The van der Waals surface area contributed by atoms with Crippen molar-refractivity contribution in [2.24, 2.45) is 0 Å². The summed E-state index contributed by atoms with van der Waals surface area (Å²) < 4.78 is 22.4. The van der Waals surface area contributed by atoms with E-state index >= 15 is 0 Å². The van der Waals surface area contributed by atoms with Crippen molar-refractivity contribution in [3.05, 3.63) is 0 Å². The zero-order valence-corrected chi connectivity index (χ0v) is 8.87. The van der Waals surface area contributed by atoms with Crippen molar-refractivity contribution in [3.63, 3.8) is 0 Å². The summed E-state index contributed by atoms with van der Waals surface area (Å²) in [6.07, 6.45) is -0.469. The molecule has 0 amide bonds. The fraction of sp³-hybridized carbons (Fsp3) is 0.875. The fourth-order valence-corrected chi connectivity index (χ4v) is 3.50. The monoisotopic (exact) mass is 218 g/mol. The van der Waals surface area contributed by atoms with Crippen molar-refractivity contribution in [2.45, 2.75) is 18.6 Å². The van der Waals surface area contributed by atoms with Gasteiger partial charge in [-0.25, -0.2) is 8.42 Å². The van der Waals surface area contributed by atoms with E-state index in [1.165, 1.54) is 0 Å². The van der Waals surface area contributed by atoms with E-state index in [4.69, 9.17) is 5.26 Å². The third-order valence-corrected chi connectivity index (χ3v) is 4.13. The van der Waals surface area contributed by atoms with Gasteiger partial charge in [0.05, 0.1) is 29.7 Å². The molecule has 0 aromatic rings. The van der Waals surface area contributed by atoms with Gasteiger partial charge in [0.2, 0.25) is 0 Å². The molecule has 5 nitrogen and oxygen atoms in total. The summed E-state index contributed by atoms with van der Waals surface area (Å²) in [5.74, 6) is -0.162. The third-order valence-electron chi connectivity index (χ3n) is 2.44. The number of aliphatic hydroxyl groups is 1. The maximum atomic E-state index is 11.2. The van der Waals surface area contributed by atoms with E-state index in [-0.39, 0.29) is 17.5 Å². The Morgan fingerprint density at radius 2 is 2.21 bits per heavy atom. The van der Waals surface area contributed by atoms with Gasteiger partial charge in [0, 0.05) is 13.0 Å². The summed E-state index contributed by atoms with van der Waals surface area (Å²) in [4.78, 5) is 1.73. The van der Waals surface area contributed by atoms with Gasteiger partial charge in [-0.2, -0.15) is 5.26 Å². The standard InChI is InChI=1S/C8H14N2O3S/c1-10(4-2-3-9)7-5-14(12,13)6-8(7)11/h7-8,11H,2,4-6H2,1H3/t7-,8-/m1/s1. The Morgan fingerprint density at radius 1 is 1.57 bits per heavy atom. The highest BCUT2D eigenvalue weighted by atomic mass is 32.2. The van der Waals surface area contributed by atoms with E-state index < -0.39 is 15.9 Å². The van der Waals surface area contributed by atoms with Crippen molar-refractivity contribution in [3.8, 4) is 6.07 Å². The van der Waals surface area contributed by atoms with Crippen LogP contribution in [0.5, 0.6) is 0 Å². The minimum atomic E-state index is -3.09. The summed E-state index contributed by atoms with van der Waals surface area (Å²) in [5.41, 5.74) is 0. The van der Waals surface area contributed by atoms with Gasteiger partial charge >= 0.3 is 0 Å². The van der Waals surface area contributed by atoms with Crippen LogP contribution in [0.1, 0.15) is 6.42 Å². The topological polar surface area (TPSA) is 81.4 Å². The predicted octanol–water partition coefficient (Wildman–Crippen LogP) is -1.01. The number of aliphatic hydroxyl groups excluding tert-OH is 1. The maximum absolute atomic E-state index is 11.2. The lowest BCUT2D eigenvalue weighted by atomic mass is 10.2. The average molecular weight is 218 g/mol. The van der Waals surface area contributed by atoms with E-state index in [0.717, 1.165) is 0 Å². The highest BCUT2D eigenvalue weighted by Crippen LogP contribution is 2.17. The van der Waals surface area contributed by atoms with Gasteiger partial charge in [0.25, 0.3) is 0 Å². The Kier molecular flexibility index (Phi) is 3.48. The molecule has 1 saturated heterocycles. The minimum Gasteiger partial charge on any atom is -0.390 e. The van der Waals surface area contributed by atoms with Crippen LogP contribution in [0, 0.1) is 11.3 Å². The Morgan fingerprint density at radius 3 is 2.64 bits per heavy atom. The summed E-state index contributed by atoms with van der Waals surface area (Å²) in [5, 5.41) is 17.9. The molecule has 0 bridgehead atoms. The first-order valence-electron chi connectivity index (χ1n) is 4.42. The molecule has 1 rings (SSSR count). The second-order valence-corrected chi connectivity index (χ2v) is 5.75. The second-order valence-electron chi connectivity index (χ2n) is 3.60. The predicted molar refractivity (Wildman–Crippen MR) is 51.3 cm³/mol. The molecular formula is C8H14N2O3S. The lowest BCUT2D eigenvalue weighted by Gasteiger charge is -2.24. The molecule has 0 aromatic heterocycles. The van der Waals surface area contributed by atoms with Crippen LogP contribution in [0.15, 0.2) is 0 Å². The van der Waals surface area contributed by atoms with Crippen LogP contribution in [0.25, 0.3) is 0 Å². The maximum Gasteiger partial charge on any atom is 0.154 e. The van der Waals surface area contributed by atoms with Crippen LogP contribution in [-0.4, -0.2) is 55.7 Å². The molecule has 0 aliphatic carbocycles. The molecule has 0 aromatic carbocycles. The molecule has 14 heavy (non-hydrogen) atoms. The largest absolute Gasteiger partial charge is 0.390 e. The smallest absolute Gasteiger partial charge is 0.154 e. The number of likely N-dealkylation sites (N-methyl/N-ethyl adjacent to an activating group) is 1. The third kappa shape index (κ3) is 2.67. The molecule has 6 heteroatoms. The van der Waals surface area contributed by atoms with Crippen molar-refractivity contribution in [1.29, 1.82) is 5.26 Å². The van der Waals surface area contributed by atoms with E-state index in [0.29, 0.717) is 13.0 Å². The van der Waals surface area contributed by atoms with E-state index in [1.54, 1.807) is 11.9 Å². The van der Waals surface area contributed by atoms with E-state index in [1.807, 2.05) is 6.07 Å². The first kappa shape index (κ1) is 11.4. The molecule has 2 atom stereocenters. The second kappa shape index (κ2) is 4.26. The van der Waals surface area contributed by atoms with Gasteiger partial charge in [-0.05, 0) is 7.05 Å². The molecule has 80 valence electrons. The number of nitriles is 1. The van der Waals surface area contributed by atoms with Crippen LogP contribution in [0.4, 0.5) is 0 Å².